The molecule has 0 fully saturated rings. The molecule has 0 saturated heterocycles. The van der Waals surface area contributed by atoms with Crippen molar-refractivity contribution in [2.75, 3.05) is 23.3 Å². The quantitative estimate of drug-likeness (QED) is 0.121. The zero-order valence-electron chi connectivity index (χ0n) is 30.9. The van der Waals surface area contributed by atoms with E-state index in [0.717, 1.165) is 62.8 Å². The Bertz CT molecular complexity index is 2610. The molecule has 0 unspecified atom stereocenters. The largest absolute Gasteiger partial charge is 0.416 e. The molecule has 0 amide bonds. The van der Waals surface area contributed by atoms with Crippen LogP contribution >= 0.6 is 0 Å². The minimum absolute atomic E-state index is 0.127. The van der Waals surface area contributed by atoms with Crippen LogP contribution in [0, 0.1) is 6.92 Å². The van der Waals surface area contributed by atoms with Crippen molar-refractivity contribution in [3.8, 4) is 11.1 Å². The Morgan fingerprint density at radius 3 is 2.09 bits per heavy atom. The number of alkyl halides is 6. The fourth-order valence-electron chi connectivity index (χ4n) is 6.90. The molecule has 1 heterocycles. The average Bonchev–Trinajstić information content (AvgIpc) is 3.18. The number of rotatable bonds is 12. The van der Waals surface area contributed by atoms with E-state index in [2.05, 4.69) is 22.9 Å². The standard InChI is InChI=1S/C46H38F6N4O/c1-30-8-5-11-33(24-30)35-14-15-36-25-37(44(57)54-43(36)27-35)29-55(31(2)53-40-19-16-32-9-3-4-10-34(32)26-40)22-7-23-56(41-20-17-38(18-21-41)45(47,48)49)42-13-6-12-39(28-42)46(50,51)52/h3-6,8-21,24-28,53H,2,7,22-23,29H2,1H3,(H,54,57). The molecule has 0 aliphatic heterocycles. The molecular weight excluding hydrogens is 739 g/mol. The van der Waals surface area contributed by atoms with Gasteiger partial charge in [0.15, 0.2) is 0 Å². The average molecular weight is 777 g/mol. The van der Waals surface area contributed by atoms with Gasteiger partial charge in [-0.15, -0.1) is 0 Å². The summed E-state index contributed by atoms with van der Waals surface area (Å²) in [6, 6.07) is 38.6. The number of nitrogens with one attached hydrogen (secondary N) is 2. The lowest BCUT2D eigenvalue weighted by Gasteiger charge is -2.30. The van der Waals surface area contributed by atoms with Gasteiger partial charge in [0, 0.05) is 47.8 Å². The van der Waals surface area contributed by atoms with Crippen LogP contribution < -0.4 is 15.8 Å². The normalized spacial score (nSPS) is 11.8. The number of aromatic amines is 1. The second kappa shape index (κ2) is 15.9. The smallest absolute Gasteiger partial charge is 0.354 e. The molecule has 57 heavy (non-hydrogen) atoms. The molecule has 1 aromatic heterocycles. The van der Waals surface area contributed by atoms with Gasteiger partial charge >= 0.3 is 12.4 Å². The molecule has 11 heteroatoms. The van der Waals surface area contributed by atoms with Crippen LogP contribution in [0.25, 0.3) is 32.8 Å². The summed E-state index contributed by atoms with van der Waals surface area (Å²) in [5.41, 5.74) is 3.42. The van der Waals surface area contributed by atoms with Crippen molar-refractivity contribution in [1.82, 2.24) is 9.88 Å². The fourth-order valence-corrected chi connectivity index (χ4v) is 6.90. The highest BCUT2D eigenvalue weighted by molar-refractivity contribution is 5.86. The fraction of sp³-hybridized carbons (Fsp3) is 0.152. The van der Waals surface area contributed by atoms with Gasteiger partial charge in [0.2, 0.25) is 0 Å². The van der Waals surface area contributed by atoms with Gasteiger partial charge in [0.1, 0.15) is 0 Å². The number of halogens is 6. The molecule has 0 aliphatic carbocycles. The molecule has 0 saturated carbocycles. The predicted molar refractivity (Wildman–Crippen MR) is 216 cm³/mol. The van der Waals surface area contributed by atoms with Crippen LogP contribution in [0.5, 0.6) is 0 Å². The van der Waals surface area contributed by atoms with Crippen molar-refractivity contribution in [1.29, 1.82) is 0 Å². The summed E-state index contributed by atoms with van der Waals surface area (Å²) in [4.78, 5) is 20.1. The number of nitrogens with zero attached hydrogens (tertiary/aromatic N) is 2. The number of pyridine rings is 1. The Morgan fingerprint density at radius 2 is 1.35 bits per heavy atom. The third-order valence-corrected chi connectivity index (χ3v) is 9.86. The van der Waals surface area contributed by atoms with Gasteiger partial charge in [0.25, 0.3) is 5.56 Å². The number of anilines is 3. The minimum Gasteiger partial charge on any atom is -0.354 e. The molecule has 0 spiro atoms. The van der Waals surface area contributed by atoms with Crippen molar-refractivity contribution < 1.29 is 26.3 Å². The molecule has 0 bridgehead atoms. The second-order valence-electron chi connectivity index (χ2n) is 13.9. The van der Waals surface area contributed by atoms with Crippen molar-refractivity contribution in [3.63, 3.8) is 0 Å². The van der Waals surface area contributed by atoms with Crippen LogP contribution in [-0.2, 0) is 18.9 Å². The molecule has 0 aliphatic rings. The van der Waals surface area contributed by atoms with Gasteiger partial charge in [-0.05, 0) is 107 Å². The zero-order valence-corrected chi connectivity index (χ0v) is 30.9. The SMILES string of the molecule is C=C(Nc1ccc2ccccc2c1)N(CCCN(c1ccc(C(F)(F)F)cc1)c1cccc(C(F)(F)F)c1)Cc1cc2ccc(-c3cccc(C)c3)cc2[nH]c1=O. The van der Waals surface area contributed by atoms with E-state index >= 15 is 0 Å². The maximum atomic E-state index is 13.8. The molecule has 7 rings (SSSR count). The first-order valence-corrected chi connectivity index (χ1v) is 18.3. The minimum atomic E-state index is -4.63. The summed E-state index contributed by atoms with van der Waals surface area (Å²) in [7, 11) is 0. The topological polar surface area (TPSA) is 51.4 Å². The lowest BCUT2D eigenvalue weighted by Crippen LogP contribution is -2.32. The first kappa shape index (κ1) is 38.8. The summed E-state index contributed by atoms with van der Waals surface area (Å²) in [6.45, 7) is 6.87. The Hall–Kier alpha value is -6.49. The van der Waals surface area contributed by atoms with E-state index < -0.39 is 23.5 Å². The Kier molecular flexibility index (Phi) is 10.8. The van der Waals surface area contributed by atoms with Crippen LogP contribution in [0.4, 0.5) is 43.4 Å². The summed E-state index contributed by atoms with van der Waals surface area (Å²) in [5.74, 6) is 0.472. The Morgan fingerprint density at radius 1 is 0.649 bits per heavy atom. The van der Waals surface area contributed by atoms with Crippen molar-refractivity contribution in [2.24, 2.45) is 0 Å². The highest BCUT2D eigenvalue weighted by atomic mass is 19.4. The van der Waals surface area contributed by atoms with Crippen molar-refractivity contribution in [2.45, 2.75) is 32.2 Å². The van der Waals surface area contributed by atoms with Crippen LogP contribution in [-0.4, -0.2) is 23.0 Å². The summed E-state index contributed by atoms with van der Waals surface area (Å²) >= 11 is 0. The number of hydrogen-bond acceptors (Lipinski definition) is 4. The van der Waals surface area contributed by atoms with E-state index in [9.17, 15) is 31.1 Å². The third-order valence-electron chi connectivity index (χ3n) is 9.86. The zero-order chi connectivity index (χ0) is 40.3. The highest BCUT2D eigenvalue weighted by Crippen LogP contribution is 2.36. The van der Waals surface area contributed by atoms with Crippen molar-refractivity contribution >= 4 is 38.7 Å². The lowest BCUT2D eigenvalue weighted by molar-refractivity contribution is -0.138. The molecule has 290 valence electrons. The summed E-state index contributed by atoms with van der Waals surface area (Å²) < 4.78 is 81.7. The van der Waals surface area contributed by atoms with Crippen LogP contribution in [0.2, 0.25) is 0 Å². The summed E-state index contributed by atoms with van der Waals surface area (Å²) in [6.07, 6.45) is -8.89. The first-order chi connectivity index (χ1) is 27.2. The third kappa shape index (κ3) is 9.15. The van der Waals surface area contributed by atoms with E-state index in [-0.39, 0.29) is 36.6 Å². The van der Waals surface area contributed by atoms with Gasteiger partial charge in [0.05, 0.1) is 16.9 Å². The molecule has 6 aromatic carbocycles. The monoisotopic (exact) mass is 776 g/mol. The van der Waals surface area contributed by atoms with Gasteiger partial charge < -0.3 is 20.1 Å². The van der Waals surface area contributed by atoms with Crippen LogP contribution in [0.15, 0.2) is 157 Å². The van der Waals surface area contributed by atoms with E-state index in [1.165, 1.54) is 24.3 Å². The van der Waals surface area contributed by atoms with E-state index in [1.54, 1.807) is 4.90 Å². The highest BCUT2D eigenvalue weighted by Gasteiger charge is 2.32. The van der Waals surface area contributed by atoms with Crippen LogP contribution in [0.3, 0.4) is 0 Å². The molecule has 0 radical (unpaired) electrons. The van der Waals surface area contributed by atoms with E-state index in [1.807, 2.05) is 96.8 Å². The Balaban J connectivity index is 1.18. The van der Waals surface area contributed by atoms with Gasteiger partial charge in [-0.1, -0.05) is 84.9 Å². The predicted octanol–water partition coefficient (Wildman–Crippen LogP) is 12.3. The van der Waals surface area contributed by atoms with Gasteiger partial charge in [-0.3, -0.25) is 4.79 Å². The molecule has 5 nitrogen and oxygen atoms in total. The number of aromatic nitrogens is 1. The van der Waals surface area contributed by atoms with Crippen molar-refractivity contribution in [3.05, 3.63) is 185 Å². The first-order valence-electron chi connectivity index (χ1n) is 18.3. The maximum Gasteiger partial charge on any atom is 0.416 e. The molecule has 7 aromatic rings. The lowest BCUT2D eigenvalue weighted by atomic mass is 10.0. The summed E-state index contributed by atoms with van der Waals surface area (Å²) in [5, 5.41) is 6.25. The number of aryl methyl sites for hydroxylation is 1. The van der Waals surface area contributed by atoms with E-state index in [4.69, 9.17) is 0 Å². The maximum absolute atomic E-state index is 13.8. The van der Waals surface area contributed by atoms with Gasteiger partial charge in [-0.25, -0.2) is 0 Å². The molecule has 2 N–H and O–H groups in total. The molecule has 0 atom stereocenters. The Labute approximate surface area is 325 Å². The number of benzene rings is 6. The number of fused-ring (bicyclic) bond motifs is 2. The number of H-pyrrole nitrogens is 1. The van der Waals surface area contributed by atoms with Crippen LogP contribution in [0.1, 0.15) is 28.7 Å². The van der Waals surface area contributed by atoms with E-state index in [0.29, 0.717) is 23.3 Å². The van der Waals surface area contributed by atoms with Gasteiger partial charge in [-0.2, -0.15) is 26.3 Å². The second-order valence-corrected chi connectivity index (χ2v) is 13.9. The molecular formula is C46H38F6N4O. The number of hydrogen-bond donors (Lipinski definition) is 2.